The van der Waals surface area contributed by atoms with Crippen LogP contribution in [-0.4, -0.2) is 61.5 Å². The molecule has 0 aromatic heterocycles. The number of benzene rings is 2. The number of anilines is 1. The van der Waals surface area contributed by atoms with Crippen molar-refractivity contribution in [1.29, 1.82) is 0 Å². The first-order valence-corrected chi connectivity index (χ1v) is 10.6. The Labute approximate surface area is 183 Å². The molecule has 3 rings (SSSR count). The van der Waals surface area contributed by atoms with Crippen LogP contribution in [0.15, 0.2) is 60.7 Å². The highest BCUT2D eigenvalue weighted by atomic mass is 16.5. The summed E-state index contributed by atoms with van der Waals surface area (Å²) >= 11 is 0. The van der Waals surface area contributed by atoms with E-state index < -0.39 is 12.1 Å². The van der Waals surface area contributed by atoms with Gasteiger partial charge in [-0.25, -0.2) is 4.79 Å². The summed E-state index contributed by atoms with van der Waals surface area (Å²) in [7, 11) is 0. The quantitative estimate of drug-likeness (QED) is 0.662. The smallest absolute Gasteiger partial charge is 0.325 e. The maximum absolute atomic E-state index is 13.3. The van der Waals surface area contributed by atoms with Crippen molar-refractivity contribution >= 4 is 23.9 Å². The Hall–Kier alpha value is -3.19. The number of carbonyl (C=O) groups excluding carboxylic acids is 3. The summed E-state index contributed by atoms with van der Waals surface area (Å²) in [5, 5.41) is 2.80. The highest BCUT2D eigenvalue weighted by Gasteiger charge is 2.32. The van der Waals surface area contributed by atoms with Crippen molar-refractivity contribution in [3.05, 3.63) is 66.2 Å². The standard InChI is InChI=1S/C24H29N3O4/c1-19(23(29)25-21(18-28)13-12-20-8-4-2-5-9-20)27(22-10-6-3-7-11-22)24(30)26-14-16-31-17-15-26/h2-11,18-19,21H,12-17H2,1H3,(H,25,29)/t19-,21-/m0/s1. The van der Waals surface area contributed by atoms with Gasteiger partial charge in [0.2, 0.25) is 5.91 Å². The lowest BCUT2D eigenvalue weighted by molar-refractivity contribution is -0.124. The molecule has 1 saturated heterocycles. The van der Waals surface area contributed by atoms with E-state index in [2.05, 4.69) is 5.32 Å². The first-order valence-electron chi connectivity index (χ1n) is 10.6. The molecule has 7 heteroatoms. The molecule has 2 aromatic carbocycles. The lowest BCUT2D eigenvalue weighted by Gasteiger charge is -2.36. The Morgan fingerprint density at radius 2 is 1.68 bits per heavy atom. The largest absolute Gasteiger partial charge is 0.378 e. The van der Waals surface area contributed by atoms with Crippen LogP contribution in [0.5, 0.6) is 0 Å². The van der Waals surface area contributed by atoms with Gasteiger partial charge in [0.25, 0.3) is 0 Å². The zero-order valence-electron chi connectivity index (χ0n) is 17.8. The molecule has 1 N–H and O–H groups in total. The summed E-state index contributed by atoms with van der Waals surface area (Å²) in [6.45, 7) is 3.58. The second-order valence-corrected chi connectivity index (χ2v) is 7.54. The highest BCUT2D eigenvalue weighted by Crippen LogP contribution is 2.20. The van der Waals surface area contributed by atoms with Crippen LogP contribution in [-0.2, 0) is 20.7 Å². The molecule has 0 bridgehead atoms. The number of urea groups is 1. The minimum atomic E-state index is -0.781. The third kappa shape index (κ3) is 6.15. The second kappa shape index (κ2) is 11.3. The van der Waals surface area contributed by atoms with Crippen molar-refractivity contribution in [2.24, 2.45) is 0 Å². The Morgan fingerprint density at radius 3 is 2.29 bits per heavy atom. The molecule has 0 aliphatic carbocycles. The molecule has 1 aliphatic rings. The predicted octanol–water partition coefficient (Wildman–Crippen LogP) is 2.65. The lowest BCUT2D eigenvalue weighted by Crippen LogP contribution is -2.56. The number of hydrogen-bond donors (Lipinski definition) is 1. The fourth-order valence-corrected chi connectivity index (χ4v) is 3.56. The normalized spacial score (nSPS) is 15.6. The second-order valence-electron chi connectivity index (χ2n) is 7.54. The third-order valence-corrected chi connectivity index (χ3v) is 5.37. The molecular formula is C24H29N3O4. The van der Waals surface area contributed by atoms with E-state index in [1.807, 2.05) is 48.5 Å². The molecule has 1 fully saturated rings. The predicted molar refractivity (Wildman–Crippen MR) is 119 cm³/mol. The van der Waals surface area contributed by atoms with Gasteiger partial charge in [0.05, 0.1) is 19.3 Å². The number of carbonyl (C=O) groups is 3. The fourth-order valence-electron chi connectivity index (χ4n) is 3.56. The highest BCUT2D eigenvalue weighted by molar-refractivity contribution is 6.00. The SMILES string of the molecule is C[C@@H](C(=O)N[C@H](C=O)CCc1ccccc1)N(C(=O)N1CCOCC1)c1ccccc1. The molecule has 31 heavy (non-hydrogen) atoms. The number of nitrogens with zero attached hydrogens (tertiary/aromatic N) is 2. The van der Waals surface area contributed by atoms with Crippen molar-refractivity contribution < 1.29 is 19.1 Å². The van der Waals surface area contributed by atoms with Crippen LogP contribution in [0.2, 0.25) is 0 Å². The van der Waals surface area contributed by atoms with E-state index in [1.165, 1.54) is 4.90 Å². The number of aldehydes is 1. The van der Waals surface area contributed by atoms with Gasteiger partial charge in [-0.05, 0) is 37.5 Å². The van der Waals surface area contributed by atoms with Gasteiger partial charge in [-0.2, -0.15) is 0 Å². The van der Waals surface area contributed by atoms with E-state index in [1.54, 1.807) is 24.0 Å². The number of aryl methyl sites for hydroxylation is 1. The zero-order valence-corrected chi connectivity index (χ0v) is 17.8. The van der Waals surface area contributed by atoms with E-state index >= 15 is 0 Å². The monoisotopic (exact) mass is 423 g/mol. The Morgan fingerprint density at radius 1 is 1.06 bits per heavy atom. The number of morpholine rings is 1. The van der Waals surface area contributed by atoms with Crippen LogP contribution in [0.3, 0.4) is 0 Å². The Kier molecular flexibility index (Phi) is 8.18. The molecule has 2 aromatic rings. The molecule has 0 spiro atoms. The number of para-hydroxylation sites is 1. The Bertz CT molecular complexity index is 854. The molecule has 0 saturated carbocycles. The fraction of sp³-hybridized carbons (Fsp3) is 0.375. The summed E-state index contributed by atoms with van der Waals surface area (Å²) in [6.07, 6.45) is 1.92. The summed E-state index contributed by atoms with van der Waals surface area (Å²) in [4.78, 5) is 41.0. The molecule has 2 atom stereocenters. The van der Waals surface area contributed by atoms with E-state index in [-0.39, 0.29) is 11.9 Å². The number of ether oxygens (including phenoxy) is 1. The van der Waals surface area contributed by atoms with Gasteiger partial charge in [-0.1, -0.05) is 48.5 Å². The zero-order chi connectivity index (χ0) is 22.1. The minimum Gasteiger partial charge on any atom is -0.378 e. The van der Waals surface area contributed by atoms with Crippen molar-refractivity contribution in [3.8, 4) is 0 Å². The van der Waals surface area contributed by atoms with Crippen LogP contribution in [0, 0.1) is 0 Å². The van der Waals surface area contributed by atoms with E-state index in [4.69, 9.17) is 4.74 Å². The Balaban J connectivity index is 1.70. The molecule has 0 radical (unpaired) electrons. The molecular weight excluding hydrogens is 394 g/mol. The number of hydrogen-bond acceptors (Lipinski definition) is 4. The molecule has 1 aliphatic heterocycles. The van der Waals surface area contributed by atoms with E-state index in [0.29, 0.717) is 44.8 Å². The van der Waals surface area contributed by atoms with Gasteiger partial charge in [-0.3, -0.25) is 9.69 Å². The van der Waals surface area contributed by atoms with Crippen molar-refractivity contribution in [2.45, 2.75) is 31.8 Å². The first-order chi connectivity index (χ1) is 15.1. The number of rotatable bonds is 8. The van der Waals surface area contributed by atoms with E-state index in [0.717, 1.165) is 11.8 Å². The topological polar surface area (TPSA) is 79.0 Å². The van der Waals surface area contributed by atoms with Gasteiger partial charge in [0.15, 0.2) is 0 Å². The maximum atomic E-state index is 13.3. The van der Waals surface area contributed by atoms with Gasteiger partial charge in [0, 0.05) is 18.8 Å². The van der Waals surface area contributed by atoms with Gasteiger partial charge in [-0.15, -0.1) is 0 Å². The van der Waals surface area contributed by atoms with Crippen molar-refractivity contribution in [1.82, 2.24) is 10.2 Å². The van der Waals surface area contributed by atoms with Crippen LogP contribution in [0.4, 0.5) is 10.5 Å². The maximum Gasteiger partial charge on any atom is 0.325 e. The van der Waals surface area contributed by atoms with Crippen molar-refractivity contribution in [2.75, 3.05) is 31.2 Å². The van der Waals surface area contributed by atoms with Crippen LogP contribution in [0.25, 0.3) is 0 Å². The first kappa shape index (κ1) is 22.5. The third-order valence-electron chi connectivity index (χ3n) is 5.37. The number of nitrogens with one attached hydrogen (secondary N) is 1. The van der Waals surface area contributed by atoms with Crippen molar-refractivity contribution in [3.63, 3.8) is 0 Å². The summed E-state index contributed by atoms with van der Waals surface area (Å²) < 4.78 is 5.34. The molecule has 0 unspecified atom stereocenters. The summed E-state index contributed by atoms with van der Waals surface area (Å²) in [6, 6.07) is 17.3. The minimum absolute atomic E-state index is 0.246. The summed E-state index contributed by atoms with van der Waals surface area (Å²) in [5.74, 6) is -0.365. The lowest BCUT2D eigenvalue weighted by atomic mass is 10.1. The van der Waals surface area contributed by atoms with Crippen LogP contribution < -0.4 is 10.2 Å². The molecule has 7 nitrogen and oxygen atoms in total. The van der Waals surface area contributed by atoms with Crippen LogP contribution in [0.1, 0.15) is 18.9 Å². The molecule has 164 valence electrons. The van der Waals surface area contributed by atoms with Gasteiger partial charge in [0.1, 0.15) is 12.3 Å². The van der Waals surface area contributed by atoms with Gasteiger partial charge >= 0.3 is 6.03 Å². The van der Waals surface area contributed by atoms with Gasteiger partial charge < -0.3 is 19.7 Å². The average Bonchev–Trinajstić information content (AvgIpc) is 2.83. The van der Waals surface area contributed by atoms with E-state index in [9.17, 15) is 14.4 Å². The van der Waals surface area contributed by atoms with Crippen LogP contribution >= 0.6 is 0 Å². The number of amides is 3. The average molecular weight is 424 g/mol. The molecule has 1 heterocycles. The summed E-state index contributed by atoms with van der Waals surface area (Å²) in [5.41, 5.74) is 1.73. The molecule has 3 amide bonds.